The van der Waals surface area contributed by atoms with Gasteiger partial charge in [-0.3, -0.25) is 14.4 Å². The van der Waals surface area contributed by atoms with Gasteiger partial charge < -0.3 is 19.4 Å². The third-order valence-electron chi connectivity index (χ3n) is 4.94. The molecule has 2 heterocycles. The average molecular weight is 373 g/mol. The molecule has 8 heteroatoms. The van der Waals surface area contributed by atoms with E-state index >= 15 is 0 Å². The van der Waals surface area contributed by atoms with E-state index in [1.165, 1.54) is 4.90 Å². The number of benzene rings is 1. The van der Waals surface area contributed by atoms with Gasteiger partial charge in [-0.2, -0.15) is 0 Å². The minimum absolute atomic E-state index is 0.0787. The molecule has 27 heavy (non-hydrogen) atoms. The molecule has 0 aromatic heterocycles. The summed E-state index contributed by atoms with van der Waals surface area (Å²) in [6.45, 7) is 4.16. The Bertz CT molecular complexity index is 743. The van der Waals surface area contributed by atoms with Gasteiger partial charge in [-0.25, -0.2) is 4.79 Å². The van der Waals surface area contributed by atoms with Crippen LogP contribution in [0.5, 0.6) is 0 Å². The summed E-state index contributed by atoms with van der Waals surface area (Å²) in [5.74, 6) is -1.20. The highest BCUT2D eigenvalue weighted by molar-refractivity contribution is 6.05. The zero-order valence-electron chi connectivity index (χ0n) is 15.3. The minimum Gasteiger partial charge on any atom is -0.462 e. The van der Waals surface area contributed by atoms with Crippen LogP contribution >= 0.6 is 0 Å². The first-order chi connectivity index (χ1) is 13.0. The topological polar surface area (TPSA) is 87.2 Å². The van der Waals surface area contributed by atoms with Crippen LogP contribution in [-0.2, 0) is 19.1 Å². The Morgan fingerprint density at radius 3 is 2.56 bits per heavy atom. The molecule has 1 aromatic carbocycles. The van der Waals surface area contributed by atoms with Crippen molar-refractivity contribution in [3.05, 3.63) is 29.8 Å². The first kappa shape index (κ1) is 18.9. The largest absolute Gasteiger partial charge is 0.462 e. The van der Waals surface area contributed by atoms with Crippen molar-refractivity contribution in [1.29, 1.82) is 0 Å². The van der Waals surface area contributed by atoms with Gasteiger partial charge in [0.2, 0.25) is 18.2 Å². The molecule has 2 aliphatic rings. The Balaban J connectivity index is 1.72. The highest BCUT2D eigenvalue weighted by atomic mass is 16.5. The molecule has 0 bridgehead atoms. The summed E-state index contributed by atoms with van der Waals surface area (Å²) >= 11 is 0. The van der Waals surface area contributed by atoms with Crippen LogP contribution in [0.4, 0.5) is 5.69 Å². The molecular formula is C19H23N3O5. The number of hydrogen-bond acceptors (Lipinski definition) is 5. The number of rotatable bonds is 5. The molecule has 0 N–H and O–H groups in total. The SMILES string of the molecule is CCOC(=O)c1ccccc1N1CC(C(=O)N2CCN(C=O)CC2)CC1=O. The lowest BCUT2D eigenvalue weighted by molar-refractivity contribution is -0.139. The van der Waals surface area contributed by atoms with E-state index in [2.05, 4.69) is 0 Å². The number of hydrogen-bond donors (Lipinski definition) is 0. The van der Waals surface area contributed by atoms with Crippen molar-refractivity contribution in [1.82, 2.24) is 9.80 Å². The molecule has 2 fully saturated rings. The average Bonchev–Trinajstić information content (AvgIpc) is 3.09. The zero-order valence-corrected chi connectivity index (χ0v) is 15.3. The smallest absolute Gasteiger partial charge is 0.340 e. The number of anilines is 1. The lowest BCUT2D eigenvalue weighted by Gasteiger charge is -2.34. The highest BCUT2D eigenvalue weighted by Crippen LogP contribution is 2.29. The van der Waals surface area contributed by atoms with E-state index in [4.69, 9.17) is 4.74 Å². The van der Waals surface area contributed by atoms with Gasteiger partial charge in [0, 0.05) is 39.1 Å². The summed E-state index contributed by atoms with van der Waals surface area (Å²) < 4.78 is 5.07. The van der Waals surface area contributed by atoms with E-state index in [1.807, 2.05) is 0 Å². The molecular weight excluding hydrogens is 350 g/mol. The lowest BCUT2D eigenvalue weighted by Crippen LogP contribution is -2.50. The fourth-order valence-electron chi connectivity index (χ4n) is 3.50. The van der Waals surface area contributed by atoms with Gasteiger partial charge in [0.1, 0.15) is 0 Å². The highest BCUT2D eigenvalue weighted by Gasteiger charge is 2.39. The van der Waals surface area contributed by atoms with Crippen molar-refractivity contribution < 1.29 is 23.9 Å². The summed E-state index contributed by atoms with van der Waals surface area (Å²) in [4.78, 5) is 53.2. The maximum Gasteiger partial charge on any atom is 0.340 e. The van der Waals surface area contributed by atoms with Crippen molar-refractivity contribution in [2.75, 3.05) is 44.2 Å². The van der Waals surface area contributed by atoms with Crippen molar-refractivity contribution >= 4 is 29.9 Å². The Morgan fingerprint density at radius 2 is 1.89 bits per heavy atom. The molecule has 2 saturated heterocycles. The first-order valence-electron chi connectivity index (χ1n) is 9.09. The van der Waals surface area contributed by atoms with Crippen LogP contribution in [0.15, 0.2) is 24.3 Å². The number of esters is 1. The predicted octanol–water partition coefficient (Wildman–Crippen LogP) is 0.517. The van der Waals surface area contributed by atoms with Gasteiger partial charge in [-0.1, -0.05) is 12.1 Å². The summed E-state index contributed by atoms with van der Waals surface area (Å²) in [5.41, 5.74) is 0.794. The fourth-order valence-corrected chi connectivity index (χ4v) is 3.50. The van der Waals surface area contributed by atoms with Gasteiger partial charge >= 0.3 is 5.97 Å². The van der Waals surface area contributed by atoms with Gasteiger partial charge in [0.25, 0.3) is 0 Å². The quantitative estimate of drug-likeness (QED) is 0.555. The molecule has 1 aromatic rings. The van der Waals surface area contributed by atoms with Crippen LogP contribution in [-0.4, -0.2) is 73.3 Å². The molecule has 3 rings (SSSR count). The number of carbonyl (C=O) groups excluding carboxylic acids is 4. The van der Waals surface area contributed by atoms with E-state index in [0.29, 0.717) is 37.4 Å². The van der Waals surface area contributed by atoms with Crippen LogP contribution in [0.3, 0.4) is 0 Å². The second-order valence-corrected chi connectivity index (χ2v) is 6.61. The van der Waals surface area contributed by atoms with E-state index in [9.17, 15) is 19.2 Å². The third-order valence-corrected chi connectivity index (χ3v) is 4.94. The van der Waals surface area contributed by atoms with Crippen molar-refractivity contribution in [2.45, 2.75) is 13.3 Å². The summed E-state index contributed by atoms with van der Waals surface area (Å²) in [6, 6.07) is 6.78. The minimum atomic E-state index is -0.485. The molecule has 0 saturated carbocycles. The Kier molecular flexibility index (Phi) is 5.73. The monoisotopic (exact) mass is 373 g/mol. The summed E-state index contributed by atoms with van der Waals surface area (Å²) in [5, 5.41) is 0. The molecule has 2 aliphatic heterocycles. The van der Waals surface area contributed by atoms with E-state index < -0.39 is 11.9 Å². The third kappa shape index (κ3) is 3.94. The van der Waals surface area contributed by atoms with Crippen molar-refractivity contribution in [3.8, 4) is 0 Å². The fraction of sp³-hybridized carbons (Fsp3) is 0.474. The van der Waals surface area contributed by atoms with Gasteiger partial charge in [0.05, 0.1) is 23.8 Å². The maximum atomic E-state index is 12.8. The molecule has 0 radical (unpaired) electrons. The number of nitrogens with zero attached hydrogens (tertiary/aromatic N) is 3. The number of piperazine rings is 1. The van der Waals surface area contributed by atoms with E-state index in [0.717, 1.165) is 6.41 Å². The Labute approximate surface area is 157 Å². The molecule has 1 unspecified atom stereocenters. The molecule has 1 atom stereocenters. The van der Waals surface area contributed by atoms with E-state index in [-0.39, 0.29) is 31.4 Å². The van der Waals surface area contributed by atoms with Crippen LogP contribution in [0.1, 0.15) is 23.7 Å². The lowest BCUT2D eigenvalue weighted by atomic mass is 10.1. The van der Waals surface area contributed by atoms with Gasteiger partial charge in [-0.05, 0) is 19.1 Å². The van der Waals surface area contributed by atoms with E-state index in [1.54, 1.807) is 41.0 Å². The number of para-hydroxylation sites is 1. The normalized spacial score (nSPS) is 20.0. The molecule has 144 valence electrons. The second-order valence-electron chi connectivity index (χ2n) is 6.61. The molecule has 0 aliphatic carbocycles. The maximum absolute atomic E-state index is 12.8. The van der Waals surface area contributed by atoms with Crippen LogP contribution in [0, 0.1) is 5.92 Å². The second kappa shape index (κ2) is 8.20. The summed E-state index contributed by atoms with van der Waals surface area (Å²) in [7, 11) is 0. The van der Waals surface area contributed by atoms with Gasteiger partial charge in [0.15, 0.2) is 0 Å². The van der Waals surface area contributed by atoms with Gasteiger partial charge in [-0.15, -0.1) is 0 Å². The Hall–Kier alpha value is -2.90. The summed E-state index contributed by atoms with van der Waals surface area (Å²) in [6.07, 6.45) is 0.902. The standard InChI is InChI=1S/C19H23N3O5/c1-2-27-19(26)15-5-3-4-6-16(15)22-12-14(11-17(22)24)18(25)21-9-7-20(13-23)8-10-21/h3-6,13-14H,2,7-12H2,1H3. The van der Waals surface area contributed by atoms with Crippen LogP contribution in [0.25, 0.3) is 0 Å². The van der Waals surface area contributed by atoms with Crippen molar-refractivity contribution in [2.24, 2.45) is 5.92 Å². The van der Waals surface area contributed by atoms with Crippen LogP contribution in [0.2, 0.25) is 0 Å². The van der Waals surface area contributed by atoms with Crippen molar-refractivity contribution in [3.63, 3.8) is 0 Å². The zero-order chi connectivity index (χ0) is 19.4. The number of ether oxygens (including phenoxy) is 1. The molecule has 8 nitrogen and oxygen atoms in total. The number of carbonyl (C=O) groups is 4. The molecule has 0 spiro atoms. The first-order valence-corrected chi connectivity index (χ1v) is 9.09. The molecule has 3 amide bonds. The predicted molar refractivity (Wildman–Crippen MR) is 97.1 cm³/mol. The van der Waals surface area contributed by atoms with Crippen LogP contribution < -0.4 is 4.90 Å². The number of amides is 3. The Morgan fingerprint density at radius 1 is 1.19 bits per heavy atom.